The number of amides is 1. The van der Waals surface area contributed by atoms with Crippen molar-refractivity contribution in [1.29, 1.82) is 0 Å². The van der Waals surface area contributed by atoms with Gasteiger partial charge in [-0.05, 0) is 12.5 Å². The number of hydrogen-bond acceptors (Lipinski definition) is 5. The van der Waals surface area contributed by atoms with Crippen LogP contribution >= 0.6 is 0 Å². The van der Waals surface area contributed by atoms with Crippen LogP contribution in [-0.2, 0) is 11.3 Å². The maximum atomic E-state index is 12.2. The molecule has 3 rings (SSSR count). The molecule has 0 radical (unpaired) electrons. The van der Waals surface area contributed by atoms with Crippen LogP contribution in [0.5, 0.6) is 0 Å². The highest BCUT2D eigenvalue weighted by atomic mass is 16.2. The summed E-state index contributed by atoms with van der Waals surface area (Å²) in [5, 5.41) is 5.96. The Hall–Kier alpha value is -2.96. The van der Waals surface area contributed by atoms with Gasteiger partial charge < -0.3 is 15.6 Å². The zero-order chi connectivity index (χ0) is 15.4. The van der Waals surface area contributed by atoms with E-state index < -0.39 is 6.04 Å². The van der Waals surface area contributed by atoms with E-state index in [1.165, 1.54) is 6.33 Å². The topological polar surface area (TPSA) is 95.6 Å². The van der Waals surface area contributed by atoms with E-state index >= 15 is 0 Å². The van der Waals surface area contributed by atoms with Gasteiger partial charge in [-0.1, -0.05) is 30.3 Å². The molecule has 3 N–H and O–H groups in total. The molecule has 112 valence electrons. The Balaban J connectivity index is 1.63. The van der Waals surface area contributed by atoms with Crippen molar-refractivity contribution in [3.63, 3.8) is 0 Å². The minimum Gasteiger partial charge on any atom is -0.357 e. The van der Waals surface area contributed by atoms with Crippen molar-refractivity contribution in [3.05, 3.63) is 48.5 Å². The first kappa shape index (κ1) is 14.0. The van der Waals surface area contributed by atoms with Crippen LogP contribution in [0.25, 0.3) is 11.2 Å². The number of carbonyl (C=O) groups is 1. The Labute approximate surface area is 127 Å². The standard InChI is InChI=1S/C15H16N6O/c1-10(15(22)16-7-11-5-3-2-4-6-11)21-14-12-13(18-8-17-12)19-9-20-14/h2-6,8-10H,7H2,1H3,(H,16,22)(H2,17,18,19,20,21)/t10-/m1/s1. The van der Waals surface area contributed by atoms with Crippen LogP contribution in [0.4, 0.5) is 5.82 Å². The van der Waals surface area contributed by atoms with Crippen molar-refractivity contribution in [2.75, 3.05) is 5.32 Å². The van der Waals surface area contributed by atoms with E-state index in [-0.39, 0.29) is 5.91 Å². The minimum atomic E-state index is -0.426. The molecule has 0 aliphatic rings. The summed E-state index contributed by atoms with van der Waals surface area (Å²) < 4.78 is 0. The van der Waals surface area contributed by atoms with E-state index in [1.807, 2.05) is 30.3 Å². The van der Waals surface area contributed by atoms with Crippen molar-refractivity contribution in [3.8, 4) is 0 Å². The van der Waals surface area contributed by atoms with Gasteiger partial charge in [0, 0.05) is 6.54 Å². The number of aromatic amines is 1. The van der Waals surface area contributed by atoms with E-state index in [0.29, 0.717) is 23.5 Å². The molecule has 0 saturated heterocycles. The van der Waals surface area contributed by atoms with E-state index in [2.05, 4.69) is 30.6 Å². The van der Waals surface area contributed by atoms with Gasteiger partial charge in [0.15, 0.2) is 11.5 Å². The number of rotatable bonds is 5. The second-order valence-electron chi connectivity index (χ2n) is 4.89. The van der Waals surface area contributed by atoms with Crippen molar-refractivity contribution in [1.82, 2.24) is 25.3 Å². The van der Waals surface area contributed by atoms with Crippen LogP contribution in [0.2, 0.25) is 0 Å². The third-order valence-electron chi connectivity index (χ3n) is 3.28. The molecule has 1 amide bonds. The Kier molecular flexibility index (Phi) is 3.95. The fourth-order valence-electron chi connectivity index (χ4n) is 2.08. The highest BCUT2D eigenvalue weighted by Crippen LogP contribution is 2.15. The number of hydrogen-bond donors (Lipinski definition) is 3. The summed E-state index contributed by atoms with van der Waals surface area (Å²) in [5.74, 6) is 0.458. The molecule has 0 aliphatic carbocycles. The van der Waals surface area contributed by atoms with Gasteiger partial charge in [0.05, 0.1) is 6.33 Å². The predicted molar refractivity (Wildman–Crippen MR) is 83.1 cm³/mol. The maximum absolute atomic E-state index is 12.2. The van der Waals surface area contributed by atoms with E-state index in [4.69, 9.17) is 0 Å². The molecule has 0 saturated carbocycles. The third kappa shape index (κ3) is 3.03. The average Bonchev–Trinajstić information content (AvgIpc) is 3.03. The maximum Gasteiger partial charge on any atom is 0.242 e. The Morgan fingerprint density at radius 1 is 1.23 bits per heavy atom. The number of fused-ring (bicyclic) bond motifs is 1. The van der Waals surface area contributed by atoms with Crippen molar-refractivity contribution < 1.29 is 4.79 Å². The summed E-state index contributed by atoms with van der Waals surface area (Å²) in [4.78, 5) is 27.4. The smallest absolute Gasteiger partial charge is 0.242 e. The number of anilines is 1. The lowest BCUT2D eigenvalue weighted by molar-refractivity contribution is -0.121. The second-order valence-corrected chi connectivity index (χ2v) is 4.89. The average molecular weight is 296 g/mol. The molecule has 22 heavy (non-hydrogen) atoms. The normalized spacial score (nSPS) is 12.0. The number of benzene rings is 1. The fraction of sp³-hybridized carbons (Fsp3) is 0.200. The third-order valence-corrected chi connectivity index (χ3v) is 3.28. The molecular weight excluding hydrogens is 280 g/mol. The molecule has 1 aromatic carbocycles. The van der Waals surface area contributed by atoms with Crippen LogP contribution in [0.3, 0.4) is 0 Å². The zero-order valence-electron chi connectivity index (χ0n) is 12.1. The fourth-order valence-corrected chi connectivity index (χ4v) is 2.08. The zero-order valence-corrected chi connectivity index (χ0v) is 12.1. The molecule has 1 atom stereocenters. The second kappa shape index (κ2) is 6.21. The van der Waals surface area contributed by atoms with Crippen LogP contribution in [0.15, 0.2) is 43.0 Å². The van der Waals surface area contributed by atoms with Crippen LogP contribution < -0.4 is 10.6 Å². The monoisotopic (exact) mass is 296 g/mol. The number of nitrogens with zero attached hydrogens (tertiary/aromatic N) is 3. The molecule has 0 bridgehead atoms. The summed E-state index contributed by atoms with van der Waals surface area (Å²) in [6, 6.07) is 9.34. The summed E-state index contributed by atoms with van der Waals surface area (Å²) in [5.41, 5.74) is 2.31. The summed E-state index contributed by atoms with van der Waals surface area (Å²) in [6.45, 7) is 2.28. The van der Waals surface area contributed by atoms with E-state index in [1.54, 1.807) is 13.3 Å². The van der Waals surface area contributed by atoms with Gasteiger partial charge in [0.2, 0.25) is 5.91 Å². The van der Waals surface area contributed by atoms with Crippen molar-refractivity contribution in [2.45, 2.75) is 19.5 Å². The van der Waals surface area contributed by atoms with Gasteiger partial charge in [-0.15, -0.1) is 0 Å². The molecule has 0 aliphatic heterocycles. The lowest BCUT2D eigenvalue weighted by Crippen LogP contribution is -2.37. The van der Waals surface area contributed by atoms with Crippen molar-refractivity contribution in [2.24, 2.45) is 0 Å². The van der Waals surface area contributed by atoms with Gasteiger partial charge in [-0.3, -0.25) is 4.79 Å². The lowest BCUT2D eigenvalue weighted by atomic mass is 10.2. The molecule has 7 heteroatoms. The molecular formula is C15H16N6O. The first-order valence-corrected chi connectivity index (χ1v) is 6.96. The molecule has 0 unspecified atom stereocenters. The first-order valence-electron chi connectivity index (χ1n) is 6.96. The van der Waals surface area contributed by atoms with Crippen LogP contribution in [0.1, 0.15) is 12.5 Å². The highest BCUT2D eigenvalue weighted by Gasteiger charge is 2.15. The highest BCUT2D eigenvalue weighted by molar-refractivity contribution is 5.88. The SMILES string of the molecule is C[C@@H](Nc1ncnc2nc[nH]c12)C(=O)NCc1ccccc1. The number of aromatic nitrogens is 4. The number of H-pyrrole nitrogens is 1. The molecule has 7 nitrogen and oxygen atoms in total. The molecule has 2 aromatic heterocycles. The minimum absolute atomic E-state index is 0.102. The van der Waals surface area contributed by atoms with E-state index in [9.17, 15) is 4.79 Å². The molecule has 0 spiro atoms. The Morgan fingerprint density at radius 2 is 2.05 bits per heavy atom. The van der Waals surface area contributed by atoms with E-state index in [0.717, 1.165) is 5.56 Å². The van der Waals surface area contributed by atoms with Crippen LogP contribution in [0, 0.1) is 0 Å². The van der Waals surface area contributed by atoms with Crippen molar-refractivity contribution >= 4 is 22.9 Å². The lowest BCUT2D eigenvalue weighted by Gasteiger charge is -2.14. The summed E-state index contributed by atoms with van der Waals surface area (Å²) in [6.07, 6.45) is 2.96. The van der Waals surface area contributed by atoms with Gasteiger partial charge in [0.1, 0.15) is 17.9 Å². The summed E-state index contributed by atoms with van der Waals surface area (Å²) >= 11 is 0. The van der Waals surface area contributed by atoms with Gasteiger partial charge in [-0.2, -0.15) is 0 Å². The Bertz CT molecular complexity index is 770. The number of nitrogens with one attached hydrogen (secondary N) is 3. The quantitative estimate of drug-likeness (QED) is 0.662. The molecule has 2 heterocycles. The van der Waals surface area contributed by atoms with Gasteiger partial charge in [0.25, 0.3) is 0 Å². The summed E-state index contributed by atoms with van der Waals surface area (Å²) in [7, 11) is 0. The number of imidazole rings is 1. The first-order chi connectivity index (χ1) is 10.7. The van der Waals surface area contributed by atoms with Gasteiger partial charge in [-0.25, -0.2) is 15.0 Å². The largest absolute Gasteiger partial charge is 0.357 e. The van der Waals surface area contributed by atoms with Gasteiger partial charge >= 0.3 is 0 Å². The molecule has 3 aromatic rings. The Morgan fingerprint density at radius 3 is 2.86 bits per heavy atom. The molecule has 0 fully saturated rings. The van der Waals surface area contributed by atoms with Crippen LogP contribution in [-0.4, -0.2) is 31.9 Å². The number of carbonyl (C=O) groups excluding carboxylic acids is 1. The predicted octanol–water partition coefficient (Wildman–Crippen LogP) is 1.47.